The molecule has 2 N–H and O–H groups in total. The van der Waals surface area contributed by atoms with Gasteiger partial charge in [0, 0.05) is 17.8 Å². The van der Waals surface area contributed by atoms with E-state index in [1.54, 1.807) is 16.0 Å². The van der Waals surface area contributed by atoms with E-state index in [1.807, 2.05) is 7.05 Å². The molecule has 0 spiro atoms. The van der Waals surface area contributed by atoms with Crippen LogP contribution in [0.15, 0.2) is 6.07 Å². The lowest BCUT2D eigenvalue weighted by Crippen LogP contribution is -2.27. The van der Waals surface area contributed by atoms with Crippen molar-refractivity contribution in [1.29, 1.82) is 0 Å². The summed E-state index contributed by atoms with van der Waals surface area (Å²) < 4.78 is 1.68. The molecule has 1 amide bonds. The predicted molar refractivity (Wildman–Crippen MR) is 94.8 cm³/mol. The van der Waals surface area contributed by atoms with Crippen LogP contribution in [0.25, 0.3) is 0 Å². The molecule has 2 aromatic heterocycles. The highest BCUT2D eigenvalue weighted by atomic mass is 32.1. The van der Waals surface area contributed by atoms with Gasteiger partial charge in [0.2, 0.25) is 5.95 Å². The molecule has 0 aromatic carbocycles. The molecule has 1 fully saturated rings. The Labute approximate surface area is 145 Å². The standard InChI is InChI=1S/C17H23N5OS/c1-22-17(19-15(21-22)11-6-8-18-9-7-11)20-16(23)14-10-12-4-2-3-5-13(12)24-14/h10-11,18H,2-9H2,1H3,(H,19,20,21,23). The third-order valence-corrected chi connectivity index (χ3v) is 6.17. The number of fused-ring (bicyclic) bond motifs is 1. The van der Waals surface area contributed by atoms with E-state index in [4.69, 9.17) is 0 Å². The van der Waals surface area contributed by atoms with Gasteiger partial charge in [0.1, 0.15) is 0 Å². The SMILES string of the molecule is Cn1nc(C2CCNCC2)nc1NC(=O)c1cc2c(s1)CCCC2. The molecule has 128 valence electrons. The minimum Gasteiger partial charge on any atom is -0.317 e. The highest BCUT2D eigenvalue weighted by Gasteiger charge is 2.22. The number of nitrogens with zero attached hydrogens (tertiary/aromatic N) is 3. The largest absolute Gasteiger partial charge is 0.317 e. The first-order chi connectivity index (χ1) is 11.7. The van der Waals surface area contributed by atoms with Crippen LogP contribution < -0.4 is 10.6 Å². The molecule has 6 nitrogen and oxygen atoms in total. The van der Waals surface area contributed by atoms with Gasteiger partial charge in [-0.3, -0.25) is 10.1 Å². The number of carbonyl (C=O) groups excluding carboxylic acids is 1. The molecule has 2 aliphatic rings. The zero-order valence-corrected chi connectivity index (χ0v) is 14.8. The lowest BCUT2D eigenvalue weighted by atomic mass is 9.98. The number of anilines is 1. The summed E-state index contributed by atoms with van der Waals surface area (Å²) in [7, 11) is 1.84. The first-order valence-corrected chi connectivity index (χ1v) is 9.57. The maximum absolute atomic E-state index is 12.6. The van der Waals surface area contributed by atoms with Gasteiger partial charge < -0.3 is 5.32 Å². The third-order valence-electron chi connectivity index (χ3n) is 4.93. The quantitative estimate of drug-likeness (QED) is 0.896. The van der Waals surface area contributed by atoms with Gasteiger partial charge in [-0.1, -0.05) is 0 Å². The summed E-state index contributed by atoms with van der Waals surface area (Å²) in [5.41, 5.74) is 1.35. The van der Waals surface area contributed by atoms with Gasteiger partial charge in [0.15, 0.2) is 5.82 Å². The molecule has 3 heterocycles. The summed E-state index contributed by atoms with van der Waals surface area (Å²) in [5.74, 6) is 1.71. The molecule has 0 unspecified atom stereocenters. The average Bonchev–Trinajstić information content (AvgIpc) is 3.20. The van der Waals surface area contributed by atoms with Gasteiger partial charge in [0.05, 0.1) is 4.88 Å². The van der Waals surface area contributed by atoms with Crippen molar-refractivity contribution < 1.29 is 4.79 Å². The second-order valence-electron chi connectivity index (χ2n) is 6.66. The van der Waals surface area contributed by atoms with Crippen molar-refractivity contribution in [3.8, 4) is 0 Å². The number of piperidine rings is 1. The monoisotopic (exact) mass is 345 g/mol. The normalized spacial score (nSPS) is 18.4. The van der Waals surface area contributed by atoms with Crippen LogP contribution in [0.2, 0.25) is 0 Å². The Hall–Kier alpha value is -1.73. The van der Waals surface area contributed by atoms with Crippen molar-refractivity contribution in [2.24, 2.45) is 7.05 Å². The maximum atomic E-state index is 12.6. The topological polar surface area (TPSA) is 71.8 Å². The first kappa shape index (κ1) is 15.8. The van der Waals surface area contributed by atoms with E-state index in [1.165, 1.54) is 23.3 Å². The molecule has 0 radical (unpaired) electrons. The van der Waals surface area contributed by atoms with Crippen molar-refractivity contribution in [2.75, 3.05) is 18.4 Å². The van der Waals surface area contributed by atoms with Crippen LogP contribution in [-0.2, 0) is 19.9 Å². The van der Waals surface area contributed by atoms with E-state index in [0.29, 0.717) is 11.9 Å². The fourth-order valence-electron chi connectivity index (χ4n) is 3.53. The fraction of sp³-hybridized carbons (Fsp3) is 0.588. The minimum absolute atomic E-state index is 0.0678. The number of amides is 1. The maximum Gasteiger partial charge on any atom is 0.268 e. The predicted octanol–water partition coefficient (Wildman–Crippen LogP) is 2.47. The summed E-state index contributed by atoms with van der Waals surface area (Å²) in [6.45, 7) is 2.01. The number of nitrogens with one attached hydrogen (secondary N) is 2. The Bertz CT molecular complexity index is 721. The molecule has 24 heavy (non-hydrogen) atoms. The Morgan fingerprint density at radius 3 is 2.92 bits per heavy atom. The highest BCUT2D eigenvalue weighted by Crippen LogP contribution is 2.30. The van der Waals surface area contributed by atoms with Crippen LogP contribution in [0.1, 0.15) is 57.5 Å². The Kier molecular flexibility index (Phi) is 4.37. The van der Waals surface area contributed by atoms with Gasteiger partial charge in [0.25, 0.3) is 5.91 Å². The molecule has 1 aliphatic heterocycles. The first-order valence-electron chi connectivity index (χ1n) is 8.75. The Morgan fingerprint density at radius 1 is 1.33 bits per heavy atom. The van der Waals surface area contributed by atoms with Crippen LogP contribution >= 0.6 is 11.3 Å². The molecule has 4 rings (SSSR count). The number of aryl methyl sites for hydroxylation is 3. The van der Waals surface area contributed by atoms with E-state index in [0.717, 1.165) is 49.5 Å². The molecule has 1 saturated heterocycles. The van der Waals surface area contributed by atoms with E-state index < -0.39 is 0 Å². The number of rotatable bonds is 3. The zero-order chi connectivity index (χ0) is 16.5. The molecular weight excluding hydrogens is 322 g/mol. The van der Waals surface area contributed by atoms with Gasteiger partial charge in [-0.25, -0.2) is 4.68 Å². The second kappa shape index (κ2) is 6.64. The summed E-state index contributed by atoms with van der Waals surface area (Å²) in [5, 5.41) is 10.8. The average molecular weight is 345 g/mol. The molecular formula is C17H23N5OS. The number of thiophene rings is 1. The smallest absolute Gasteiger partial charge is 0.268 e. The van der Waals surface area contributed by atoms with Crippen LogP contribution in [-0.4, -0.2) is 33.8 Å². The summed E-state index contributed by atoms with van der Waals surface area (Å²) in [4.78, 5) is 19.3. The summed E-state index contributed by atoms with van der Waals surface area (Å²) in [6.07, 6.45) is 6.77. The summed E-state index contributed by atoms with van der Waals surface area (Å²) in [6, 6.07) is 2.05. The van der Waals surface area contributed by atoms with Crippen molar-refractivity contribution in [3.05, 3.63) is 27.2 Å². The van der Waals surface area contributed by atoms with Gasteiger partial charge in [-0.05, 0) is 63.2 Å². The van der Waals surface area contributed by atoms with Crippen LogP contribution in [0, 0.1) is 0 Å². The van der Waals surface area contributed by atoms with Crippen LogP contribution in [0.5, 0.6) is 0 Å². The molecule has 7 heteroatoms. The number of carbonyl (C=O) groups is 1. The van der Waals surface area contributed by atoms with Crippen LogP contribution in [0.3, 0.4) is 0 Å². The van der Waals surface area contributed by atoms with Crippen molar-refractivity contribution >= 4 is 23.2 Å². The Balaban J connectivity index is 1.49. The molecule has 0 bridgehead atoms. The van der Waals surface area contributed by atoms with Crippen molar-refractivity contribution in [1.82, 2.24) is 20.1 Å². The van der Waals surface area contributed by atoms with Gasteiger partial charge in [-0.2, -0.15) is 10.1 Å². The van der Waals surface area contributed by atoms with Crippen molar-refractivity contribution in [3.63, 3.8) is 0 Å². The lowest BCUT2D eigenvalue weighted by Gasteiger charge is -2.19. The second-order valence-corrected chi connectivity index (χ2v) is 7.80. The molecule has 0 saturated carbocycles. The molecule has 1 aliphatic carbocycles. The Morgan fingerprint density at radius 2 is 2.12 bits per heavy atom. The van der Waals surface area contributed by atoms with E-state index in [2.05, 4.69) is 26.8 Å². The third kappa shape index (κ3) is 3.10. The lowest BCUT2D eigenvalue weighted by molar-refractivity contribution is 0.102. The minimum atomic E-state index is -0.0678. The van der Waals surface area contributed by atoms with Gasteiger partial charge in [-0.15, -0.1) is 11.3 Å². The summed E-state index contributed by atoms with van der Waals surface area (Å²) >= 11 is 1.63. The van der Waals surface area contributed by atoms with Crippen molar-refractivity contribution in [2.45, 2.75) is 44.4 Å². The molecule has 0 atom stereocenters. The van der Waals surface area contributed by atoms with Gasteiger partial charge >= 0.3 is 0 Å². The zero-order valence-electron chi connectivity index (χ0n) is 14.0. The number of hydrogen-bond acceptors (Lipinski definition) is 5. The molecule has 2 aromatic rings. The number of aromatic nitrogens is 3. The fourth-order valence-corrected chi connectivity index (χ4v) is 4.68. The number of hydrogen-bond donors (Lipinski definition) is 2. The highest BCUT2D eigenvalue weighted by molar-refractivity contribution is 7.14. The van der Waals surface area contributed by atoms with Crippen LogP contribution in [0.4, 0.5) is 5.95 Å². The van der Waals surface area contributed by atoms with E-state index in [-0.39, 0.29) is 5.91 Å². The van der Waals surface area contributed by atoms with E-state index in [9.17, 15) is 4.79 Å². The van der Waals surface area contributed by atoms with E-state index >= 15 is 0 Å².